The van der Waals surface area contributed by atoms with Crippen LogP contribution in [0.15, 0.2) is 72.6 Å². The number of carbonyl (C=O) groups excluding carboxylic acids is 2. The lowest BCUT2D eigenvalue weighted by molar-refractivity contribution is -0.132. The van der Waals surface area contributed by atoms with Crippen molar-refractivity contribution in [1.29, 1.82) is 0 Å². The Bertz CT molecular complexity index is 1210. The van der Waals surface area contributed by atoms with Crippen LogP contribution in [0.1, 0.15) is 29.7 Å². The van der Waals surface area contributed by atoms with Gasteiger partial charge in [-0.1, -0.05) is 30.7 Å². The molecule has 2 aromatic carbocycles. The lowest BCUT2D eigenvalue weighted by Crippen LogP contribution is -2.29. The molecule has 0 radical (unpaired) electrons. The number of anilines is 1. The number of hydrogen-bond donors (Lipinski definition) is 1. The number of aliphatic hydroxyl groups excluding tert-OH is 1. The number of pyridine rings is 1. The fourth-order valence-electron chi connectivity index (χ4n) is 3.86. The van der Waals surface area contributed by atoms with E-state index in [1.165, 1.54) is 18.1 Å². The summed E-state index contributed by atoms with van der Waals surface area (Å²) < 4.78 is 5.35. The molecule has 1 aliphatic rings. The van der Waals surface area contributed by atoms with Gasteiger partial charge in [0, 0.05) is 23.1 Å². The third-order valence-electron chi connectivity index (χ3n) is 5.51. The Hall–Kier alpha value is -3.64. The first-order chi connectivity index (χ1) is 15.5. The number of aromatic nitrogens is 1. The van der Waals surface area contributed by atoms with E-state index >= 15 is 0 Å². The molecule has 1 fully saturated rings. The minimum atomic E-state index is -0.839. The third kappa shape index (κ3) is 3.74. The van der Waals surface area contributed by atoms with Gasteiger partial charge in [0.2, 0.25) is 0 Å². The molecular weight excluding hydrogens is 428 g/mol. The van der Waals surface area contributed by atoms with E-state index in [2.05, 4.69) is 4.98 Å². The van der Waals surface area contributed by atoms with Crippen molar-refractivity contribution < 1.29 is 19.4 Å². The van der Waals surface area contributed by atoms with E-state index in [0.717, 1.165) is 12.0 Å². The molecule has 32 heavy (non-hydrogen) atoms. The van der Waals surface area contributed by atoms with Crippen molar-refractivity contribution in [3.8, 4) is 5.75 Å². The average Bonchev–Trinajstić information content (AvgIpc) is 3.09. The summed E-state index contributed by atoms with van der Waals surface area (Å²) in [5.41, 5.74) is 2.50. The Morgan fingerprint density at radius 1 is 1.09 bits per heavy atom. The minimum Gasteiger partial charge on any atom is -0.507 e. The van der Waals surface area contributed by atoms with Crippen molar-refractivity contribution >= 4 is 34.7 Å². The van der Waals surface area contributed by atoms with Crippen molar-refractivity contribution in [2.75, 3.05) is 12.0 Å². The molecule has 0 aliphatic carbocycles. The van der Waals surface area contributed by atoms with Gasteiger partial charge in [-0.3, -0.25) is 19.5 Å². The molecule has 6 nitrogen and oxygen atoms in total. The summed E-state index contributed by atoms with van der Waals surface area (Å²) in [6.07, 6.45) is 4.01. The second kappa shape index (κ2) is 8.85. The quantitative estimate of drug-likeness (QED) is 0.340. The third-order valence-corrected chi connectivity index (χ3v) is 5.74. The molecule has 1 unspecified atom stereocenters. The average molecular weight is 449 g/mol. The van der Waals surface area contributed by atoms with Crippen LogP contribution < -0.4 is 9.64 Å². The van der Waals surface area contributed by atoms with Crippen molar-refractivity contribution in [3.05, 3.63) is 94.3 Å². The molecule has 2 heterocycles. The second-order valence-electron chi connectivity index (χ2n) is 7.31. The zero-order chi connectivity index (χ0) is 22.8. The van der Waals surface area contributed by atoms with Crippen molar-refractivity contribution in [2.24, 2.45) is 0 Å². The van der Waals surface area contributed by atoms with Crippen molar-refractivity contribution in [3.63, 3.8) is 0 Å². The number of amides is 1. The van der Waals surface area contributed by atoms with Crippen LogP contribution in [0, 0.1) is 0 Å². The van der Waals surface area contributed by atoms with Gasteiger partial charge in [0.05, 0.1) is 24.3 Å². The maximum Gasteiger partial charge on any atom is 0.300 e. The number of Topliss-reactive ketones (excluding diaryl/α,β-unsaturated/α-hetero) is 1. The van der Waals surface area contributed by atoms with Gasteiger partial charge < -0.3 is 9.84 Å². The first-order valence-corrected chi connectivity index (χ1v) is 10.5. The molecular formula is C25H21ClN2O4. The zero-order valence-electron chi connectivity index (χ0n) is 17.6. The topological polar surface area (TPSA) is 79.7 Å². The molecule has 4 rings (SSSR count). The molecule has 3 aromatic rings. The SMILES string of the molecule is CCc1ccc(N2C(=O)C(=O)/C(=C(/O)c3cc(Cl)ccc3OC)C2c2ccncc2)cc1. The number of halogens is 1. The summed E-state index contributed by atoms with van der Waals surface area (Å²) in [6, 6.07) is 14.7. The van der Waals surface area contributed by atoms with Gasteiger partial charge >= 0.3 is 0 Å². The fraction of sp³-hybridized carbons (Fsp3) is 0.160. The summed E-state index contributed by atoms with van der Waals surface area (Å²) >= 11 is 6.14. The lowest BCUT2D eigenvalue weighted by atomic mass is 9.95. The smallest absolute Gasteiger partial charge is 0.300 e. The van der Waals surface area contributed by atoms with E-state index in [1.807, 2.05) is 19.1 Å². The van der Waals surface area contributed by atoms with E-state index < -0.39 is 17.7 Å². The number of aliphatic hydroxyl groups is 1. The van der Waals surface area contributed by atoms with E-state index in [0.29, 0.717) is 22.0 Å². The maximum absolute atomic E-state index is 13.2. The van der Waals surface area contributed by atoms with E-state index in [4.69, 9.17) is 16.3 Å². The normalized spacial score (nSPS) is 17.6. The number of carbonyl (C=O) groups is 2. The highest BCUT2D eigenvalue weighted by Crippen LogP contribution is 2.43. The largest absolute Gasteiger partial charge is 0.507 e. The number of ether oxygens (including phenoxy) is 1. The van der Waals surface area contributed by atoms with Crippen LogP contribution in [0.2, 0.25) is 5.02 Å². The highest BCUT2D eigenvalue weighted by atomic mass is 35.5. The summed E-state index contributed by atoms with van der Waals surface area (Å²) in [5, 5.41) is 11.6. The summed E-state index contributed by atoms with van der Waals surface area (Å²) in [5.74, 6) is -1.53. The monoisotopic (exact) mass is 448 g/mol. The van der Waals surface area contributed by atoms with E-state index in [-0.39, 0.29) is 16.9 Å². The Morgan fingerprint density at radius 3 is 2.41 bits per heavy atom. The van der Waals surface area contributed by atoms with Gasteiger partial charge in [-0.2, -0.15) is 0 Å². The number of rotatable bonds is 5. The molecule has 1 atom stereocenters. The molecule has 0 saturated carbocycles. The second-order valence-corrected chi connectivity index (χ2v) is 7.75. The van der Waals surface area contributed by atoms with Crippen LogP contribution in [0.4, 0.5) is 5.69 Å². The molecule has 1 saturated heterocycles. The van der Waals surface area contributed by atoms with Gasteiger partial charge in [0.1, 0.15) is 11.5 Å². The summed E-state index contributed by atoms with van der Waals surface area (Å²) in [6.45, 7) is 2.04. The van der Waals surface area contributed by atoms with Crippen LogP contribution in [0.5, 0.6) is 5.75 Å². The van der Waals surface area contributed by atoms with Gasteiger partial charge in [-0.25, -0.2) is 0 Å². The van der Waals surface area contributed by atoms with Gasteiger partial charge in [0.25, 0.3) is 11.7 Å². The lowest BCUT2D eigenvalue weighted by Gasteiger charge is -2.25. The fourth-order valence-corrected chi connectivity index (χ4v) is 4.03. The van der Waals surface area contributed by atoms with Crippen LogP contribution in [0.25, 0.3) is 5.76 Å². The van der Waals surface area contributed by atoms with Crippen LogP contribution in [0.3, 0.4) is 0 Å². The van der Waals surface area contributed by atoms with Gasteiger partial charge in [-0.05, 0) is 60.0 Å². The molecule has 1 amide bonds. The molecule has 1 N–H and O–H groups in total. The van der Waals surface area contributed by atoms with Gasteiger partial charge in [0.15, 0.2) is 0 Å². The standard InChI is InChI=1S/C25H21ClN2O4/c1-3-15-4-7-18(8-5-15)28-22(16-10-12-27-13-11-16)21(24(30)25(28)31)23(29)19-14-17(26)6-9-20(19)32-2/h4-14,22,29H,3H2,1-2H3/b23-21+. The Labute approximate surface area is 190 Å². The van der Waals surface area contributed by atoms with Gasteiger partial charge in [-0.15, -0.1) is 0 Å². The number of benzene rings is 2. The van der Waals surface area contributed by atoms with Crippen LogP contribution in [-0.2, 0) is 16.0 Å². The Morgan fingerprint density at radius 2 is 1.78 bits per heavy atom. The zero-order valence-corrected chi connectivity index (χ0v) is 18.3. The summed E-state index contributed by atoms with van der Waals surface area (Å²) in [4.78, 5) is 31.8. The predicted molar refractivity (Wildman–Crippen MR) is 123 cm³/mol. The molecule has 0 bridgehead atoms. The number of aryl methyl sites for hydroxylation is 1. The first-order valence-electron chi connectivity index (χ1n) is 10.1. The molecule has 1 aromatic heterocycles. The molecule has 7 heteroatoms. The van der Waals surface area contributed by atoms with E-state index in [9.17, 15) is 14.7 Å². The van der Waals surface area contributed by atoms with Crippen molar-refractivity contribution in [2.45, 2.75) is 19.4 Å². The molecule has 162 valence electrons. The number of nitrogens with zero attached hydrogens (tertiary/aromatic N) is 2. The highest BCUT2D eigenvalue weighted by molar-refractivity contribution is 6.51. The minimum absolute atomic E-state index is 0.0404. The molecule has 0 spiro atoms. The number of methoxy groups -OCH3 is 1. The Balaban J connectivity index is 1.95. The van der Waals surface area contributed by atoms with Crippen LogP contribution in [-0.4, -0.2) is 28.9 Å². The molecule has 1 aliphatic heterocycles. The van der Waals surface area contributed by atoms with Crippen LogP contribution >= 0.6 is 11.6 Å². The summed E-state index contributed by atoms with van der Waals surface area (Å²) in [7, 11) is 1.45. The first kappa shape index (κ1) is 21.6. The van der Waals surface area contributed by atoms with E-state index in [1.54, 1.807) is 48.8 Å². The van der Waals surface area contributed by atoms with Crippen molar-refractivity contribution in [1.82, 2.24) is 4.98 Å². The number of hydrogen-bond acceptors (Lipinski definition) is 5. The maximum atomic E-state index is 13.2. The predicted octanol–water partition coefficient (Wildman–Crippen LogP) is 4.93. The highest BCUT2D eigenvalue weighted by Gasteiger charge is 2.47. The number of ketones is 1. The Kier molecular flexibility index (Phi) is 5.97.